The highest BCUT2D eigenvalue weighted by Gasteiger charge is 2.21. The highest BCUT2D eigenvalue weighted by Crippen LogP contribution is 2.11. The number of halogens is 2. The van der Waals surface area contributed by atoms with E-state index in [1.165, 1.54) is 6.07 Å². The minimum atomic E-state index is -0.880. The molecule has 1 aliphatic rings. The molecule has 4 N–H and O–H groups in total. The van der Waals surface area contributed by atoms with Crippen molar-refractivity contribution in [3.8, 4) is 0 Å². The van der Waals surface area contributed by atoms with Gasteiger partial charge in [-0.15, -0.1) is 0 Å². The van der Waals surface area contributed by atoms with Crippen LogP contribution in [0.3, 0.4) is 0 Å². The number of piperidine rings is 1. The minimum absolute atomic E-state index is 0.121. The van der Waals surface area contributed by atoms with Crippen LogP contribution in [-0.4, -0.2) is 52.1 Å². The lowest BCUT2D eigenvalue weighted by molar-refractivity contribution is -0.126. The first-order valence-corrected chi connectivity index (χ1v) is 10.5. The number of hydrazine groups is 1. The number of benzene rings is 1. The predicted molar refractivity (Wildman–Crippen MR) is 112 cm³/mol. The van der Waals surface area contributed by atoms with E-state index >= 15 is 0 Å². The molecule has 11 heteroatoms. The fourth-order valence-corrected chi connectivity index (χ4v) is 3.43. The Bertz CT molecular complexity index is 954. The Morgan fingerprint density at radius 3 is 2.44 bits per heavy atom. The van der Waals surface area contributed by atoms with Crippen LogP contribution in [0, 0.1) is 11.6 Å². The van der Waals surface area contributed by atoms with Gasteiger partial charge in [0.05, 0.1) is 6.42 Å². The number of anilines is 1. The average molecular weight is 448 g/mol. The van der Waals surface area contributed by atoms with Gasteiger partial charge in [0, 0.05) is 25.2 Å². The molecule has 9 nitrogen and oxygen atoms in total. The molecule has 1 saturated heterocycles. The Morgan fingerprint density at radius 2 is 1.78 bits per heavy atom. The summed E-state index contributed by atoms with van der Waals surface area (Å²) in [6.45, 7) is 3.26. The van der Waals surface area contributed by atoms with Crippen molar-refractivity contribution in [1.82, 2.24) is 25.9 Å². The molecule has 2 heterocycles. The molecule has 1 unspecified atom stereocenters. The van der Waals surface area contributed by atoms with E-state index in [1.807, 2.05) is 5.01 Å². The molecule has 0 saturated carbocycles. The molecule has 0 aliphatic carbocycles. The van der Waals surface area contributed by atoms with Gasteiger partial charge in [0.2, 0.25) is 11.8 Å². The number of aromatic amines is 1. The number of carbonyl (C=O) groups is 3. The van der Waals surface area contributed by atoms with Crippen molar-refractivity contribution < 1.29 is 23.2 Å². The zero-order chi connectivity index (χ0) is 23.1. The van der Waals surface area contributed by atoms with Gasteiger partial charge in [-0.1, -0.05) is 13.3 Å². The maximum Gasteiger partial charge on any atom is 0.286 e. The lowest BCUT2D eigenvalue weighted by atomic mass is 10.1. The van der Waals surface area contributed by atoms with Gasteiger partial charge in [-0.05, 0) is 37.0 Å². The summed E-state index contributed by atoms with van der Waals surface area (Å²) in [5.74, 6) is -2.81. The van der Waals surface area contributed by atoms with E-state index in [-0.39, 0.29) is 35.8 Å². The van der Waals surface area contributed by atoms with Gasteiger partial charge in [0.1, 0.15) is 23.5 Å². The molecule has 0 spiro atoms. The third-order valence-electron chi connectivity index (χ3n) is 5.03. The van der Waals surface area contributed by atoms with Crippen molar-refractivity contribution in [2.45, 2.75) is 45.1 Å². The molecule has 1 aromatic carbocycles. The summed E-state index contributed by atoms with van der Waals surface area (Å²) in [6.07, 6.45) is 3.18. The fraction of sp³-hybridized carbons (Fsp3) is 0.429. The third kappa shape index (κ3) is 6.58. The van der Waals surface area contributed by atoms with E-state index in [0.717, 1.165) is 50.6 Å². The second-order valence-electron chi connectivity index (χ2n) is 7.63. The van der Waals surface area contributed by atoms with Crippen LogP contribution in [0.5, 0.6) is 0 Å². The lowest BCUT2D eigenvalue weighted by Crippen LogP contribution is -2.45. The van der Waals surface area contributed by atoms with Crippen LogP contribution in [-0.2, 0) is 16.0 Å². The number of nitrogens with zero attached hydrogens (tertiary/aromatic N) is 2. The van der Waals surface area contributed by atoms with Crippen molar-refractivity contribution in [1.29, 1.82) is 0 Å². The van der Waals surface area contributed by atoms with Crippen LogP contribution in [0.1, 0.15) is 48.7 Å². The van der Waals surface area contributed by atoms with Crippen LogP contribution in [0.25, 0.3) is 0 Å². The van der Waals surface area contributed by atoms with Crippen LogP contribution in [0.4, 0.5) is 14.6 Å². The zero-order valence-corrected chi connectivity index (χ0v) is 17.7. The smallest absolute Gasteiger partial charge is 0.286 e. The minimum Gasteiger partial charge on any atom is -0.344 e. The van der Waals surface area contributed by atoms with Gasteiger partial charge in [0.15, 0.2) is 5.69 Å². The quantitative estimate of drug-likeness (QED) is 0.492. The first-order chi connectivity index (χ1) is 15.3. The monoisotopic (exact) mass is 448 g/mol. The molecule has 1 aromatic heterocycles. The Kier molecular flexibility index (Phi) is 7.87. The summed E-state index contributed by atoms with van der Waals surface area (Å²) < 4.78 is 26.6. The number of H-pyrrole nitrogens is 1. The summed E-state index contributed by atoms with van der Waals surface area (Å²) >= 11 is 0. The molecule has 1 atom stereocenters. The Hall–Kier alpha value is -3.34. The lowest BCUT2D eigenvalue weighted by Gasteiger charge is -2.26. The van der Waals surface area contributed by atoms with Gasteiger partial charge >= 0.3 is 0 Å². The standard InChI is InChI=1S/C21H26F2N6O3/c1-2-16(24-19(30)10-13-8-14(22)11-15(23)9-13)20(31)25-18-12-17(26-27-18)21(32)28-29-6-4-3-5-7-29/h8-9,11-12,16H,2-7,10H2,1H3,(H,24,30)(H,28,32)(H2,25,26,27,31). The summed E-state index contributed by atoms with van der Waals surface area (Å²) in [6, 6.07) is 3.36. The highest BCUT2D eigenvalue weighted by molar-refractivity contribution is 5.98. The van der Waals surface area contributed by atoms with Gasteiger partial charge in [-0.3, -0.25) is 24.9 Å². The number of hydrogen-bond donors (Lipinski definition) is 4. The summed E-state index contributed by atoms with van der Waals surface area (Å²) in [4.78, 5) is 37.1. The largest absolute Gasteiger partial charge is 0.344 e. The zero-order valence-electron chi connectivity index (χ0n) is 17.7. The molecule has 1 fully saturated rings. The van der Waals surface area contributed by atoms with E-state index in [0.29, 0.717) is 0 Å². The Labute approximate surface area is 183 Å². The van der Waals surface area contributed by atoms with Crippen LogP contribution < -0.4 is 16.1 Å². The molecule has 0 radical (unpaired) electrons. The van der Waals surface area contributed by atoms with Crippen molar-refractivity contribution in [3.63, 3.8) is 0 Å². The molecule has 2 aromatic rings. The molecule has 32 heavy (non-hydrogen) atoms. The van der Waals surface area contributed by atoms with Gasteiger partial charge < -0.3 is 10.6 Å². The summed E-state index contributed by atoms with van der Waals surface area (Å²) in [5.41, 5.74) is 3.06. The van der Waals surface area contributed by atoms with Gasteiger partial charge in [-0.25, -0.2) is 13.8 Å². The molecular weight excluding hydrogens is 422 g/mol. The van der Waals surface area contributed by atoms with E-state index in [4.69, 9.17) is 0 Å². The third-order valence-corrected chi connectivity index (χ3v) is 5.03. The normalized spacial score (nSPS) is 15.1. The van der Waals surface area contributed by atoms with Crippen molar-refractivity contribution in [2.75, 3.05) is 18.4 Å². The molecule has 1 aliphatic heterocycles. The van der Waals surface area contributed by atoms with Gasteiger partial charge in [-0.2, -0.15) is 5.10 Å². The maximum absolute atomic E-state index is 13.3. The second kappa shape index (κ2) is 10.8. The SMILES string of the molecule is CCC(NC(=O)Cc1cc(F)cc(F)c1)C(=O)Nc1cc(C(=O)NN2CCCCC2)n[nH]1. The number of nitrogens with one attached hydrogen (secondary N) is 4. The number of aromatic nitrogens is 2. The van der Waals surface area contributed by atoms with Crippen molar-refractivity contribution in [2.24, 2.45) is 0 Å². The predicted octanol–water partition coefficient (Wildman–Crippen LogP) is 1.89. The molecule has 172 valence electrons. The summed E-state index contributed by atoms with van der Waals surface area (Å²) in [5, 5.41) is 13.5. The molecular formula is C21H26F2N6O3. The number of rotatable bonds is 8. The highest BCUT2D eigenvalue weighted by atomic mass is 19.1. The molecule has 3 amide bonds. The van der Waals surface area contributed by atoms with E-state index in [9.17, 15) is 23.2 Å². The number of carbonyl (C=O) groups excluding carboxylic acids is 3. The average Bonchev–Trinajstić information content (AvgIpc) is 3.20. The van der Waals surface area contributed by atoms with Crippen LogP contribution in [0.2, 0.25) is 0 Å². The van der Waals surface area contributed by atoms with Crippen LogP contribution >= 0.6 is 0 Å². The topological polar surface area (TPSA) is 119 Å². The Balaban J connectivity index is 1.53. The van der Waals surface area contributed by atoms with E-state index < -0.39 is 29.5 Å². The Morgan fingerprint density at radius 1 is 1.09 bits per heavy atom. The fourth-order valence-electron chi connectivity index (χ4n) is 3.43. The number of amides is 3. The van der Waals surface area contributed by atoms with E-state index in [1.54, 1.807) is 6.92 Å². The maximum atomic E-state index is 13.3. The molecule has 3 rings (SSSR count). The van der Waals surface area contributed by atoms with Crippen LogP contribution in [0.15, 0.2) is 24.3 Å². The van der Waals surface area contributed by atoms with Crippen molar-refractivity contribution >= 4 is 23.5 Å². The number of hydrogen-bond acceptors (Lipinski definition) is 5. The first kappa shape index (κ1) is 23.3. The first-order valence-electron chi connectivity index (χ1n) is 10.5. The molecule has 0 bridgehead atoms. The van der Waals surface area contributed by atoms with Gasteiger partial charge in [0.25, 0.3) is 5.91 Å². The summed E-state index contributed by atoms with van der Waals surface area (Å²) in [7, 11) is 0. The van der Waals surface area contributed by atoms with Crippen molar-refractivity contribution in [3.05, 3.63) is 47.2 Å². The second-order valence-corrected chi connectivity index (χ2v) is 7.63. The van der Waals surface area contributed by atoms with E-state index in [2.05, 4.69) is 26.3 Å².